The molecule has 11 heteroatoms. The maximum Gasteiger partial charge on any atom is 0.231 e. The predicted molar refractivity (Wildman–Crippen MR) is 128 cm³/mol. The Morgan fingerprint density at radius 2 is 1.64 bits per heavy atom. The molecule has 2 aromatic heterocycles. The quantitative estimate of drug-likeness (QED) is 0.470. The van der Waals surface area contributed by atoms with Gasteiger partial charge in [-0.3, -0.25) is 5.10 Å². The molecule has 0 radical (unpaired) electrons. The van der Waals surface area contributed by atoms with Gasteiger partial charge < -0.3 is 34.6 Å². The fraction of sp³-hybridized carbons (Fsp3) is 0.409. The molecule has 1 aliphatic heterocycles. The van der Waals surface area contributed by atoms with Crippen molar-refractivity contribution in [3.05, 3.63) is 30.0 Å². The number of nitrogens with one attached hydrogen (secondary N) is 3. The molecule has 1 saturated heterocycles. The number of aromatic amines is 1. The molecule has 0 aliphatic carbocycles. The van der Waals surface area contributed by atoms with E-state index in [-0.39, 0.29) is 0 Å². The lowest BCUT2D eigenvalue weighted by Crippen LogP contribution is -2.44. The Morgan fingerprint density at radius 1 is 0.879 bits per heavy atom. The van der Waals surface area contributed by atoms with Crippen LogP contribution in [0.4, 0.5) is 29.1 Å². The van der Waals surface area contributed by atoms with Crippen molar-refractivity contribution in [2.75, 3.05) is 70.1 Å². The number of aryl methyl sites for hydroxylation is 1. The molecule has 3 N–H and O–H groups in total. The van der Waals surface area contributed by atoms with Crippen LogP contribution >= 0.6 is 0 Å². The Hall–Kier alpha value is -3.73. The number of benzene rings is 1. The van der Waals surface area contributed by atoms with Crippen LogP contribution in [-0.4, -0.2) is 79.6 Å². The van der Waals surface area contributed by atoms with Gasteiger partial charge in [-0.2, -0.15) is 15.1 Å². The summed E-state index contributed by atoms with van der Waals surface area (Å²) >= 11 is 0. The van der Waals surface area contributed by atoms with Gasteiger partial charge in [0.05, 0.1) is 27.0 Å². The van der Waals surface area contributed by atoms with E-state index in [9.17, 15) is 0 Å². The summed E-state index contributed by atoms with van der Waals surface area (Å²) in [7, 11) is 6.86. The van der Waals surface area contributed by atoms with Gasteiger partial charge in [-0.1, -0.05) is 0 Å². The lowest BCUT2D eigenvalue weighted by atomic mass is 10.2. The number of hydrogen-bond donors (Lipinski definition) is 3. The predicted octanol–water partition coefficient (Wildman–Crippen LogP) is 2.77. The van der Waals surface area contributed by atoms with Gasteiger partial charge in [0.15, 0.2) is 17.3 Å². The molecule has 0 unspecified atom stereocenters. The van der Waals surface area contributed by atoms with Crippen molar-refractivity contribution >= 4 is 29.1 Å². The van der Waals surface area contributed by atoms with Crippen molar-refractivity contribution < 1.29 is 14.2 Å². The van der Waals surface area contributed by atoms with E-state index in [1.165, 1.54) is 0 Å². The molecule has 0 bridgehead atoms. The highest BCUT2D eigenvalue weighted by atomic mass is 16.5. The molecule has 1 aromatic carbocycles. The highest BCUT2D eigenvalue weighted by Gasteiger charge is 2.20. The van der Waals surface area contributed by atoms with E-state index >= 15 is 0 Å². The first-order chi connectivity index (χ1) is 16.0. The third-order valence-corrected chi connectivity index (χ3v) is 5.45. The van der Waals surface area contributed by atoms with E-state index in [0.717, 1.165) is 37.7 Å². The molecule has 33 heavy (non-hydrogen) atoms. The maximum absolute atomic E-state index is 5.60. The van der Waals surface area contributed by atoms with Crippen molar-refractivity contribution in [3.8, 4) is 17.2 Å². The second-order valence-electron chi connectivity index (χ2n) is 7.79. The average Bonchev–Trinajstić information content (AvgIpc) is 3.23. The molecular weight excluding hydrogens is 424 g/mol. The molecule has 176 valence electrons. The molecular formula is C22H30N8O3. The topological polar surface area (TPSA) is 113 Å². The molecule has 4 rings (SSSR count). The number of piperazine rings is 1. The number of ether oxygens (including phenoxy) is 3. The van der Waals surface area contributed by atoms with Gasteiger partial charge in [-0.15, -0.1) is 0 Å². The number of hydrogen-bond acceptors (Lipinski definition) is 10. The monoisotopic (exact) mass is 454 g/mol. The van der Waals surface area contributed by atoms with E-state index < -0.39 is 0 Å². The maximum atomic E-state index is 5.60. The smallest absolute Gasteiger partial charge is 0.231 e. The van der Waals surface area contributed by atoms with Crippen LogP contribution in [0.15, 0.2) is 24.3 Å². The summed E-state index contributed by atoms with van der Waals surface area (Å²) in [4.78, 5) is 14.0. The molecule has 0 saturated carbocycles. The van der Waals surface area contributed by atoms with Crippen molar-refractivity contribution in [1.29, 1.82) is 0 Å². The second kappa shape index (κ2) is 9.82. The third-order valence-electron chi connectivity index (χ3n) is 5.45. The highest BCUT2D eigenvalue weighted by Crippen LogP contribution is 2.43. The molecule has 3 heterocycles. The number of H-pyrrole nitrogens is 1. The van der Waals surface area contributed by atoms with Crippen LogP contribution in [0.25, 0.3) is 0 Å². The van der Waals surface area contributed by atoms with Gasteiger partial charge >= 0.3 is 0 Å². The first kappa shape index (κ1) is 22.5. The molecule has 11 nitrogen and oxygen atoms in total. The van der Waals surface area contributed by atoms with E-state index in [0.29, 0.717) is 40.5 Å². The van der Waals surface area contributed by atoms with Crippen LogP contribution in [0.5, 0.6) is 17.2 Å². The van der Waals surface area contributed by atoms with E-state index in [1.807, 2.05) is 25.1 Å². The van der Waals surface area contributed by atoms with Gasteiger partial charge in [-0.05, 0) is 26.1 Å². The Balaban J connectivity index is 1.69. The zero-order chi connectivity index (χ0) is 23.4. The van der Waals surface area contributed by atoms with E-state index in [1.54, 1.807) is 27.4 Å². The number of rotatable bonds is 8. The minimum Gasteiger partial charge on any atom is -0.493 e. The van der Waals surface area contributed by atoms with Crippen LogP contribution in [0.2, 0.25) is 0 Å². The van der Waals surface area contributed by atoms with Gasteiger partial charge in [0.1, 0.15) is 11.6 Å². The summed E-state index contributed by atoms with van der Waals surface area (Å²) in [5.41, 5.74) is 1.62. The van der Waals surface area contributed by atoms with Crippen LogP contribution in [0.3, 0.4) is 0 Å². The fourth-order valence-corrected chi connectivity index (χ4v) is 3.69. The zero-order valence-corrected chi connectivity index (χ0v) is 19.6. The van der Waals surface area contributed by atoms with Gasteiger partial charge in [0.25, 0.3) is 0 Å². The number of methoxy groups -OCH3 is 3. The van der Waals surface area contributed by atoms with Crippen molar-refractivity contribution in [1.82, 2.24) is 25.1 Å². The van der Waals surface area contributed by atoms with Crippen molar-refractivity contribution in [2.45, 2.75) is 6.92 Å². The number of aromatic nitrogens is 4. The molecule has 3 aromatic rings. The molecule has 0 spiro atoms. The molecule has 0 amide bonds. The van der Waals surface area contributed by atoms with Gasteiger partial charge in [0.2, 0.25) is 11.7 Å². The molecule has 1 aliphatic rings. The number of nitrogens with zero attached hydrogens (tertiary/aromatic N) is 5. The summed E-state index contributed by atoms with van der Waals surface area (Å²) < 4.78 is 16.5. The Morgan fingerprint density at radius 3 is 2.27 bits per heavy atom. The summed E-state index contributed by atoms with van der Waals surface area (Å²) in [6, 6.07) is 7.50. The molecule has 0 atom stereocenters. The SMILES string of the molecule is COc1ccc(Nc2nc(Nc3cc(C)[nH]n3)cc(N3CCN(C)CC3)n2)c(OC)c1OC. The highest BCUT2D eigenvalue weighted by molar-refractivity contribution is 5.72. The van der Waals surface area contributed by atoms with Crippen molar-refractivity contribution in [3.63, 3.8) is 0 Å². The average molecular weight is 455 g/mol. The summed E-state index contributed by atoms with van der Waals surface area (Å²) in [5.74, 6) is 4.13. The van der Waals surface area contributed by atoms with Crippen LogP contribution < -0.4 is 29.7 Å². The number of anilines is 5. The van der Waals surface area contributed by atoms with Gasteiger partial charge in [0, 0.05) is 44.0 Å². The zero-order valence-electron chi connectivity index (χ0n) is 19.6. The van der Waals surface area contributed by atoms with Gasteiger partial charge in [-0.25, -0.2) is 0 Å². The molecule has 1 fully saturated rings. The fourth-order valence-electron chi connectivity index (χ4n) is 3.69. The first-order valence-electron chi connectivity index (χ1n) is 10.7. The standard InChI is InChI=1S/C22H30N8O3/c1-14-12-18(28-27-14)24-17-13-19(30-10-8-29(2)9-11-30)26-22(25-17)23-15-6-7-16(31-3)21(33-5)20(15)32-4/h6-7,12-13H,8-11H2,1-5H3,(H3,23,24,25,26,27,28). The Bertz CT molecular complexity index is 1100. The normalized spacial score (nSPS) is 14.2. The summed E-state index contributed by atoms with van der Waals surface area (Å²) in [5, 5.41) is 13.7. The Labute approximate surface area is 193 Å². The van der Waals surface area contributed by atoms with Crippen molar-refractivity contribution in [2.24, 2.45) is 0 Å². The lowest BCUT2D eigenvalue weighted by Gasteiger charge is -2.33. The van der Waals surface area contributed by atoms with E-state index in [2.05, 4.69) is 42.7 Å². The van der Waals surface area contributed by atoms with Crippen LogP contribution in [0, 0.1) is 6.92 Å². The minimum atomic E-state index is 0.423. The first-order valence-corrected chi connectivity index (χ1v) is 10.7. The Kier molecular flexibility index (Phi) is 6.68. The lowest BCUT2D eigenvalue weighted by molar-refractivity contribution is 0.312. The van der Waals surface area contributed by atoms with Crippen LogP contribution in [-0.2, 0) is 0 Å². The van der Waals surface area contributed by atoms with E-state index in [4.69, 9.17) is 19.2 Å². The third kappa shape index (κ3) is 5.03. The van der Waals surface area contributed by atoms with Crippen LogP contribution in [0.1, 0.15) is 5.69 Å². The summed E-state index contributed by atoms with van der Waals surface area (Å²) in [6.45, 7) is 5.65. The largest absolute Gasteiger partial charge is 0.493 e. The number of likely N-dealkylation sites (N-methyl/N-ethyl adjacent to an activating group) is 1. The minimum absolute atomic E-state index is 0.423. The summed E-state index contributed by atoms with van der Waals surface area (Å²) in [6.07, 6.45) is 0. The second-order valence-corrected chi connectivity index (χ2v) is 7.79.